The van der Waals surface area contributed by atoms with Gasteiger partial charge in [-0.25, -0.2) is 0 Å². The lowest BCUT2D eigenvalue weighted by Gasteiger charge is -2.40. The average molecular weight is 950 g/mol. The summed E-state index contributed by atoms with van der Waals surface area (Å²) < 4.78 is 11.2. The summed E-state index contributed by atoms with van der Waals surface area (Å²) in [7, 11) is 0. The van der Waals surface area contributed by atoms with Gasteiger partial charge < -0.3 is 40.3 Å². The number of allylic oxidation sites excluding steroid dienone is 17. The molecule has 0 aromatic heterocycles. The highest BCUT2D eigenvalue weighted by Crippen LogP contribution is 2.23. The number of carbonyl (C=O) groups excluding carboxylic acids is 1. The monoisotopic (exact) mass is 950 g/mol. The van der Waals surface area contributed by atoms with Gasteiger partial charge in [0, 0.05) is 6.42 Å². The second-order valence-electron chi connectivity index (χ2n) is 18.3. The molecule has 1 aliphatic rings. The van der Waals surface area contributed by atoms with E-state index in [1.165, 1.54) is 89.9 Å². The highest BCUT2D eigenvalue weighted by Gasteiger charge is 2.44. The van der Waals surface area contributed by atoms with Gasteiger partial charge in [0.2, 0.25) is 5.91 Å². The van der Waals surface area contributed by atoms with Crippen LogP contribution < -0.4 is 5.32 Å². The summed E-state index contributed by atoms with van der Waals surface area (Å²) in [6.07, 6.45) is 63.2. The fourth-order valence-electron chi connectivity index (χ4n) is 7.82. The third-order valence-corrected chi connectivity index (χ3v) is 12.1. The number of nitrogens with one attached hydrogen (secondary N) is 1. The first-order valence-electron chi connectivity index (χ1n) is 27.1. The first-order valence-corrected chi connectivity index (χ1v) is 27.1. The molecule has 1 rings (SSSR count). The van der Waals surface area contributed by atoms with E-state index in [1.807, 2.05) is 6.08 Å². The lowest BCUT2D eigenvalue weighted by atomic mass is 9.99. The molecule has 0 aromatic rings. The molecule has 388 valence electrons. The van der Waals surface area contributed by atoms with Crippen LogP contribution in [0.1, 0.15) is 200 Å². The van der Waals surface area contributed by atoms with E-state index in [9.17, 15) is 30.3 Å². The quantitative estimate of drug-likeness (QED) is 0.0261. The van der Waals surface area contributed by atoms with Gasteiger partial charge in [-0.15, -0.1) is 0 Å². The van der Waals surface area contributed by atoms with Gasteiger partial charge in [-0.2, -0.15) is 0 Å². The topological polar surface area (TPSA) is 149 Å². The summed E-state index contributed by atoms with van der Waals surface area (Å²) >= 11 is 0. The van der Waals surface area contributed by atoms with Crippen LogP contribution in [-0.2, 0) is 14.3 Å². The summed E-state index contributed by atoms with van der Waals surface area (Å²) in [5.41, 5.74) is 0. The second-order valence-corrected chi connectivity index (χ2v) is 18.3. The molecule has 0 aromatic carbocycles. The molecule has 1 amide bonds. The molecule has 1 heterocycles. The maximum Gasteiger partial charge on any atom is 0.220 e. The molecule has 0 bridgehead atoms. The number of unbranched alkanes of at least 4 members (excludes halogenated alkanes) is 18. The smallest absolute Gasteiger partial charge is 0.220 e. The van der Waals surface area contributed by atoms with Gasteiger partial charge >= 0.3 is 0 Å². The van der Waals surface area contributed by atoms with Gasteiger partial charge in [-0.3, -0.25) is 4.79 Å². The van der Waals surface area contributed by atoms with E-state index in [4.69, 9.17) is 9.47 Å². The Balaban J connectivity index is 2.10. The maximum absolute atomic E-state index is 13.0. The molecule has 1 saturated heterocycles. The van der Waals surface area contributed by atoms with Crippen molar-refractivity contribution in [3.8, 4) is 0 Å². The zero-order valence-corrected chi connectivity index (χ0v) is 42.8. The fraction of sp³-hybridized carbons (Fsp3) is 0.678. The highest BCUT2D eigenvalue weighted by atomic mass is 16.7. The SMILES string of the molecule is CC/C=C\C/C=C\C/C=C\C/C=C\C/C=C\C/C=C\C/C=C\C/C=C\CCCCCCCCCCCCCCC(=O)NC(COC1OC(CO)C(O)C(O)C1O)C(O)/C=C/CCCCCCCC. The normalized spacial score (nSPS) is 20.5. The van der Waals surface area contributed by atoms with Crippen molar-refractivity contribution in [2.24, 2.45) is 0 Å². The van der Waals surface area contributed by atoms with Crippen LogP contribution in [0, 0.1) is 0 Å². The fourth-order valence-corrected chi connectivity index (χ4v) is 7.82. The van der Waals surface area contributed by atoms with Gasteiger partial charge in [-0.1, -0.05) is 220 Å². The van der Waals surface area contributed by atoms with Crippen LogP contribution in [0.3, 0.4) is 0 Å². The van der Waals surface area contributed by atoms with Crippen molar-refractivity contribution in [3.63, 3.8) is 0 Å². The highest BCUT2D eigenvalue weighted by molar-refractivity contribution is 5.76. The molecular weight excluding hydrogens is 851 g/mol. The van der Waals surface area contributed by atoms with Gasteiger partial charge in [0.15, 0.2) is 6.29 Å². The zero-order chi connectivity index (χ0) is 49.4. The third kappa shape index (κ3) is 36.8. The molecule has 7 atom stereocenters. The first-order chi connectivity index (χ1) is 33.3. The number of ether oxygens (including phenoxy) is 2. The van der Waals surface area contributed by atoms with E-state index >= 15 is 0 Å². The van der Waals surface area contributed by atoms with Crippen LogP contribution >= 0.6 is 0 Å². The predicted molar refractivity (Wildman–Crippen MR) is 285 cm³/mol. The van der Waals surface area contributed by atoms with E-state index in [1.54, 1.807) is 6.08 Å². The molecule has 6 N–H and O–H groups in total. The molecule has 9 heteroatoms. The van der Waals surface area contributed by atoms with Crippen LogP contribution in [0.2, 0.25) is 0 Å². The summed E-state index contributed by atoms with van der Waals surface area (Å²) in [6.45, 7) is 3.60. The van der Waals surface area contributed by atoms with E-state index in [0.29, 0.717) is 6.42 Å². The average Bonchev–Trinajstić information content (AvgIpc) is 3.34. The Morgan fingerprint density at radius 2 is 0.912 bits per heavy atom. The van der Waals surface area contributed by atoms with Crippen molar-refractivity contribution >= 4 is 5.91 Å². The first kappa shape index (κ1) is 62.9. The van der Waals surface area contributed by atoms with E-state index < -0.39 is 49.5 Å². The summed E-state index contributed by atoms with van der Waals surface area (Å²) in [4.78, 5) is 13.0. The lowest BCUT2D eigenvalue weighted by molar-refractivity contribution is -0.302. The Labute approximate surface area is 415 Å². The molecule has 0 saturated carbocycles. The van der Waals surface area contributed by atoms with Crippen molar-refractivity contribution in [3.05, 3.63) is 109 Å². The number of aliphatic hydroxyl groups is 5. The van der Waals surface area contributed by atoms with Crippen molar-refractivity contribution < 1.29 is 39.8 Å². The summed E-state index contributed by atoms with van der Waals surface area (Å²) in [5, 5.41) is 54.1. The largest absolute Gasteiger partial charge is 0.394 e. The van der Waals surface area contributed by atoms with Crippen LogP contribution in [0.5, 0.6) is 0 Å². The molecule has 1 aliphatic heterocycles. The molecule has 0 aliphatic carbocycles. The number of carbonyl (C=O) groups is 1. The Bertz CT molecular complexity index is 1430. The molecule has 0 spiro atoms. The van der Waals surface area contributed by atoms with E-state index in [0.717, 1.165) is 89.9 Å². The summed E-state index contributed by atoms with van der Waals surface area (Å²) in [5.74, 6) is -0.188. The minimum absolute atomic E-state index is 0.188. The van der Waals surface area contributed by atoms with Crippen LogP contribution in [0.4, 0.5) is 0 Å². The predicted octanol–water partition coefficient (Wildman–Crippen LogP) is 13.0. The van der Waals surface area contributed by atoms with Gasteiger partial charge in [0.25, 0.3) is 0 Å². The summed E-state index contributed by atoms with van der Waals surface area (Å²) in [6, 6.07) is -0.809. The number of amides is 1. The third-order valence-electron chi connectivity index (χ3n) is 12.1. The molecule has 7 unspecified atom stereocenters. The van der Waals surface area contributed by atoms with Crippen molar-refractivity contribution in [1.82, 2.24) is 5.32 Å². The Morgan fingerprint density at radius 1 is 0.515 bits per heavy atom. The molecule has 1 fully saturated rings. The molecule has 0 radical (unpaired) electrons. The minimum atomic E-state index is -1.57. The van der Waals surface area contributed by atoms with Gasteiger partial charge in [0.05, 0.1) is 25.4 Å². The number of hydrogen-bond acceptors (Lipinski definition) is 8. The van der Waals surface area contributed by atoms with Crippen molar-refractivity contribution in [1.29, 1.82) is 0 Å². The van der Waals surface area contributed by atoms with E-state index in [2.05, 4.69) is 116 Å². The zero-order valence-electron chi connectivity index (χ0n) is 42.8. The van der Waals surface area contributed by atoms with Crippen molar-refractivity contribution in [2.75, 3.05) is 13.2 Å². The van der Waals surface area contributed by atoms with E-state index in [-0.39, 0.29) is 12.5 Å². The second kappa shape index (κ2) is 47.5. The Morgan fingerprint density at radius 3 is 1.35 bits per heavy atom. The van der Waals surface area contributed by atoms with Crippen LogP contribution in [0.25, 0.3) is 0 Å². The van der Waals surface area contributed by atoms with Crippen LogP contribution in [-0.4, -0.2) is 87.5 Å². The standard InChI is InChI=1S/C59H99NO8/c1-3-5-7-9-11-13-14-15-16-17-18-19-20-21-22-23-24-25-26-27-28-29-30-31-32-33-34-35-36-37-38-39-40-41-43-45-47-49-55(63)60-52(53(62)48-46-44-42-12-10-8-6-4-2)51-67-59-58(66)57(65)56(64)54(50-61)68-59/h5,7,11,13,15-16,18-19,21-22,24-25,27-28,30-31,46,48,52-54,56-59,61-62,64-66H,3-4,6,8-10,12,14,17,20,23,26,29,32-45,47,49-51H2,1-2H3,(H,60,63)/b7-5-,13-11-,16-15-,19-18-,22-21-,25-24-,28-27-,31-30-,48-46+. The molecule has 9 nitrogen and oxygen atoms in total. The Kier molecular flexibility index (Phi) is 43.9. The Hall–Kier alpha value is -3.15. The van der Waals surface area contributed by atoms with Crippen LogP contribution in [0.15, 0.2) is 109 Å². The number of aliphatic hydroxyl groups excluding tert-OH is 5. The number of hydrogen-bond donors (Lipinski definition) is 6. The minimum Gasteiger partial charge on any atom is -0.394 e. The molecule has 68 heavy (non-hydrogen) atoms. The maximum atomic E-state index is 13.0. The van der Waals surface area contributed by atoms with Gasteiger partial charge in [-0.05, 0) is 83.5 Å². The van der Waals surface area contributed by atoms with Crippen molar-refractivity contribution in [2.45, 2.75) is 243 Å². The van der Waals surface area contributed by atoms with Gasteiger partial charge in [0.1, 0.15) is 24.4 Å². The molecular formula is C59H99NO8. The lowest BCUT2D eigenvalue weighted by Crippen LogP contribution is -2.60. The number of rotatable bonds is 44.